The van der Waals surface area contributed by atoms with E-state index in [1.807, 2.05) is 17.9 Å². The number of carbonyl (C=O) groups excluding carboxylic acids is 2. The molecule has 0 unspecified atom stereocenters. The molecule has 38 heavy (non-hydrogen) atoms. The molecule has 1 N–H and O–H groups in total. The molecular weight excluding hydrogens is 497 g/mol. The van der Waals surface area contributed by atoms with Gasteiger partial charge in [0.05, 0.1) is 42.7 Å². The first kappa shape index (κ1) is 26.4. The van der Waals surface area contributed by atoms with Crippen LogP contribution in [0.3, 0.4) is 0 Å². The first-order chi connectivity index (χ1) is 18.1. The number of hydrogen-bond donors (Lipinski definition) is 1. The van der Waals surface area contributed by atoms with Crippen LogP contribution in [0.5, 0.6) is 11.5 Å². The molecule has 2 aliphatic carbocycles. The second kappa shape index (κ2) is 9.82. The van der Waals surface area contributed by atoms with Crippen molar-refractivity contribution in [2.45, 2.75) is 75.0 Å². The summed E-state index contributed by atoms with van der Waals surface area (Å²) in [5, 5.41) is 3.27. The summed E-state index contributed by atoms with van der Waals surface area (Å²) < 4.78 is 50.1. The third kappa shape index (κ3) is 4.71. The zero-order valence-corrected chi connectivity index (χ0v) is 21.7. The number of methoxy groups -OCH3 is 1. The van der Waals surface area contributed by atoms with E-state index in [-0.39, 0.29) is 24.3 Å². The van der Waals surface area contributed by atoms with Crippen molar-refractivity contribution in [2.75, 3.05) is 20.3 Å². The van der Waals surface area contributed by atoms with Gasteiger partial charge in [0.1, 0.15) is 0 Å². The van der Waals surface area contributed by atoms with Crippen LogP contribution in [0, 0.1) is 0 Å². The number of ether oxygens (including phenoxy) is 2. The lowest BCUT2D eigenvalue weighted by molar-refractivity contribution is -0.137. The highest BCUT2D eigenvalue weighted by Crippen LogP contribution is 2.53. The Balaban J connectivity index is 1.28. The third-order valence-corrected chi connectivity index (χ3v) is 8.38. The quantitative estimate of drug-likeness (QED) is 0.520. The first-order valence-corrected chi connectivity index (χ1v) is 13.2. The third-order valence-electron chi connectivity index (χ3n) is 8.38. The van der Waals surface area contributed by atoms with Gasteiger partial charge in [-0.05, 0) is 80.8 Å². The maximum atomic E-state index is 13.8. The first-order valence-electron chi connectivity index (χ1n) is 13.2. The molecule has 0 spiro atoms. The zero-order chi connectivity index (χ0) is 27.1. The lowest BCUT2D eigenvalue weighted by Gasteiger charge is -2.35. The molecule has 6 nitrogen and oxygen atoms in total. The van der Waals surface area contributed by atoms with Crippen molar-refractivity contribution < 1.29 is 32.2 Å². The largest absolute Gasteiger partial charge is 0.493 e. The molecule has 0 bridgehead atoms. The highest BCUT2D eigenvalue weighted by Gasteiger charge is 2.59. The van der Waals surface area contributed by atoms with E-state index in [1.54, 1.807) is 19.2 Å². The molecule has 1 aliphatic heterocycles. The van der Waals surface area contributed by atoms with Crippen LogP contribution in [-0.4, -0.2) is 48.6 Å². The Hall–Kier alpha value is -3.23. The minimum absolute atomic E-state index is 0.0310. The summed E-state index contributed by atoms with van der Waals surface area (Å²) in [5.41, 5.74) is -0.504. The molecule has 2 aromatic rings. The van der Waals surface area contributed by atoms with Crippen LogP contribution in [0.2, 0.25) is 0 Å². The van der Waals surface area contributed by atoms with E-state index in [0.717, 1.165) is 37.0 Å². The van der Waals surface area contributed by atoms with E-state index in [9.17, 15) is 22.8 Å². The number of nitrogens with one attached hydrogen (secondary N) is 1. The van der Waals surface area contributed by atoms with Gasteiger partial charge in [0, 0.05) is 6.54 Å². The highest BCUT2D eigenvalue weighted by atomic mass is 19.4. The molecule has 2 amide bonds. The summed E-state index contributed by atoms with van der Waals surface area (Å²) in [5.74, 6) is 1.06. The molecule has 2 atom stereocenters. The van der Waals surface area contributed by atoms with Crippen LogP contribution in [-0.2, 0) is 27.6 Å². The number of alkyl halides is 3. The Morgan fingerprint density at radius 3 is 2.42 bits per heavy atom. The van der Waals surface area contributed by atoms with Crippen molar-refractivity contribution in [1.29, 1.82) is 0 Å². The minimum Gasteiger partial charge on any atom is -0.493 e. The monoisotopic (exact) mass is 530 g/mol. The number of carbonyl (C=O) groups is 2. The Bertz CT molecular complexity index is 1210. The predicted octanol–water partition coefficient (Wildman–Crippen LogP) is 5.03. The average Bonchev–Trinajstić information content (AvgIpc) is 3.49. The fraction of sp³-hybridized carbons (Fsp3) is 0.517. The molecule has 2 saturated carbocycles. The summed E-state index contributed by atoms with van der Waals surface area (Å²) in [6, 6.07) is 10.3. The van der Waals surface area contributed by atoms with E-state index >= 15 is 0 Å². The molecule has 3 aliphatic rings. The van der Waals surface area contributed by atoms with Gasteiger partial charge in [0.15, 0.2) is 11.5 Å². The number of benzene rings is 2. The number of likely N-dealkylation sites (tertiary alicyclic amines) is 1. The fourth-order valence-electron chi connectivity index (χ4n) is 6.33. The van der Waals surface area contributed by atoms with Gasteiger partial charge in [-0.1, -0.05) is 18.2 Å². The van der Waals surface area contributed by atoms with Crippen LogP contribution < -0.4 is 14.8 Å². The highest BCUT2D eigenvalue weighted by molar-refractivity contribution is 5.92. The van der Waals surface area contributed by atoms with Crippen molar-refractivity contribution >= 4 is 11.8 Å². The lowest BCUT2D eigenvalue weighted by Crippen LogP contribution is -2.55. The van der Waals surface area contributed by atoms with Gasteiger partial charge in [-0.2, -0.15) is 13.2 Å². The number of amides is 2. The van der Waals surface area contributed by atoms with E-state index < -0.39 is 22.7 Å². The van der Waals surface area contributed by atoms with Crippen molar-refractivity contribution in [1.82, 2.24) is 10.2 Å². The minimum atomic E-state index is -4.41. The summed E-state index contributed by atoms with van der Waals surface area (Å²) in [6.45, 7) is 2.93. The summed E-state index contributed by atoms with van der Waals surface area (Å²) in [7, 11) is 1.56. The van der Waals surface area contributed by atoms with E-state index in [2.05, 4.69) is 5.32 Å². The van der Waals surface area contributed by atoms with Gasteiger partial charge in [0.2, 0.25) is 11.8 Å². The Labute approximate surface area is 220 Å². The number of fused-ring (bicyclic) bond motifs is 1. The fourth-order valence-corrected chi connectivity index (χ4v) is 6.33. The number of rotatable bonds is 8. The Morgan fingerprint density at radius 1 is 1.05 bits per heavy atom. The van der Waals surface area contributed by atoms with Gasteiger partial charge in [-0.25, -0.2) is 0 Å². The predicted molar refractivity (Wildman–Crippen MR) is 135 cm³/mol. The standard InChI is InChI=1S/C29H33F3N2O4/c1-3-38-22-11-6-19(17-23(22)37-2)18-25(35)33-28-12-4-5-24(28)34(16-15-28)26(36)27(13-14-27)20-7-9-21(10-8-20)29(30,31)32/h6-11,17,24H,3-5,12-16,18H2,1-2H3,(H,33,35)/t24-,28+/m0/s1. The molecule has 2 aromatic carbocycles. The molecule has 0 radical (unpaired) electrons. The van der Waals surface area contributed by atoms with Crippen LogP contribution >= 0.6 is 0 Å². The summed E-state index contributed by atoms with van der Waals surface area (Å²) in [6.07, 6.45) is 0.189. The van der Waals surface area contributed by atoms with Crippen molar-refractivity contribution in [2.24, 2.45) is 0 Å². The van der Waals surface area contributed by atoms with Crippen LogP contribution in [0.25, 0.3) is 0 Å². The molecule has 5 rings (SSSR count). The molecular formula is C29H33F3N2O4. The lowest BCUT2D eigenvalue weighted by atomic mass is 9.90. The van der Waals surface area contributed by atoms with Gasteiger partial charge in [-0.15, -0.1) is 0 Å². The normalized spacial score (nSPS) is 23.6. The summed E-state index contributed by atoms with van der Waals surface area (Å²) in [4.78, 5) is 28.8. The average molecular weight is 531 g/mol. The molecule has 1 saturated heterocycles. The second-order valence-corrected chi connectivity index (χ2v) is 10.6. The Kier molecular flexibility index (Phi) is 6.82. The van der Waals surface area contributed by atoms with Gasteiger partial charge >= 0.3 is 6.18 Å². The SMILES string of the molecule is CCOc1ccc(CC(=O)N[C@@]23CCC[C@@H]2N(C(=O)C2(c4ccc(C(F)(F)F)cc4)CC2)CC3)cc1OC. The number of halogens is 3. The Morgan fingerprint density at radius 2 is 1.79 bits per heavy atom. The van der Waals surface area contributed by atoms with Crippen molar-refractivity contribution in [3.8, 4) is 11.5 Å². The van der Waals surface area contributed by atoms with Gasteiger partial charge in [-0.3, -0.25) is 9.59 Å². The van der Waals surface area contributed by atoms with Crippen molar-refractivity contribution in [3.63, 3.8) is 0 Å². The van der Waals surface area contributed by atoms with Crippen molar-refractivity contribution in [3.05, 3.63) is 59.2 Å². The topological polar surface area (TPSA) is 67.9 Å². The maximum Gasteiger partial charge on any atom is 0.416 e. The second-order valence-electron chi connectivity index (χ2n) is 10.6. The molecule has 3 fully saturated rings. The van der Waals surface area contributed by atoms with Crippen LogP contribution in [0.15, 0.2) is 42.5 Å². The zero-order valence-electron chi connectivity index (χ0n) is 21.7. The van der Waals surface area contributed by atoms with Gasteiger partial charge in [0.25, 0.3) is 0 Å². The molecule has 204 valence electrons. The summed E-state index contributed by atoms with van der Waals surface area (Å²) >= 11 is 0. The van der Waals surface area contributed by atoms with E-state index in [4.69, 9.17) is 9.47 Å². The smallest absolute Gasteiger partial charge is 0.416 e. The molecule has 9 heteroatoms. The number of nitrogens with zero attached hydrogens (tertiary/aromatic N) is 1. The van der Waals surface area contributed by atoms with Crippen LogP contribution in [0.4, 0.5) is 13.2 Å². The maximum absolute atomic E-state index is 13.8. The van der Waals surface area contributed by atoms with E-state index in [0.29, 0.717) is 49.5 Å². The van der Waals surface area contributed by atoms with Gasteiger partial charge < -0.3 is 19.7 Å². The van der Waals surface area contributed by atoms with Crippen LogP contribution in [0.1, 0.15) is 62.1 Å². The number of hydrogen-bond acceptors (Lipinski definition) is 4. The van der Waals surface area contributed by atoms with E-state index in [1.165, 1.54) is 12.1 Å². The molecule has 0 aromatic heterocycles. The molecule has 1 heterocycles.